The number of halogens is 1. The molecular weight excluding hydrogens is 294 g/mol. The van der Waals surface area contributed by atoms with Gasteiger partial charge in [-0.1, -0.05) is 0 Å². The molecule has 0 bridgehead atoms. The van der Waals surface area contributed by atoms with Crippen LogP contribution in [0.15, 0.2) is 16.7 Å². The predicted octanol–water partition coefficient (Wildman–Crippen LogP) is 2.62. The van der Waals surface area contributed by atoms with E-state index in [1.165, 1.54) is 0 Å². The summed E-state index contributed by atoms with van der Waals surface area (Å²) >= 11 is 3.46. The maximum atomic E-state index is 11.5. The number of anilines is 1. The topological polar surface area (TPSA) is 54.0 Å². The quantitative estimate of drug-likeness (QED) is 0.794. The van der Waals surface area contributed by atoms with Crippen molar-refractivity contribution in [2.45, 2.75) is 38.6 Å². The molecule has 2 rings (SSSR count). The van der Waals surface area contributed by atoms with Gasteiger partial charge in [0.1, 0.15) is 5.82 Å². The van der Waals surface area contributed by atoms with Gasteiger partial charge in [-0.15, -0.1) is 0 Å². The van der Waals surface area contributed by atoms with E-state index in [0.717, 1.165) is 41.7 Å². The molecule has 0 aromatic carbocycles. The van der Waals surface area contributed by atoms with E-state index in [2.05, 4.69) is 31.5 Å². The lowest BCUT2D eigenvalue weighted by Gasteiger charge is -2.08. The standard InChI is InChI=1S/C13H18BrN3O/c1-9-7-11(14)13(16-8-9)15-6-2-3-12(18)17-10-4-5-10/h7-8,10H,2-6H2,1H3,(H,15,16)(H,17,18). The molecule has 1 amide bonds. The second-order valence-corrected chi connectivity index (χ2v) is 5.57. The zero-order chi connectivity index (χ0) is 13.0. The summed E-state index contributed by atoms with van der Waals surface area (Å²) in [5.41, 5.74) is 1.12. The predicted molar refractivity (Wildman–Crippen MR) is 75.6 cm³/mol. The highest BCUT2D eigenvalue weighted by Gasteiger charge is 2.22. The molecule has 98 valence electrons. The Hall–Kier alpha value is -1.10. The molecule has 1 aromatic heterocycles. The number of nitrogens with zero attached hydrogens (tertiary/aromatic N) is 1. The number of carbonyl (C=O) groups is 1. The number of aromatic nitrogens is 1. The molecule has 0 spiro atoms. The molecule has 4 nitrogen and oxygen atoms in total. The van der Waals surface area contributed by atoms with Crippen LogP contribution >= 0.6 is 15.9 Å². The average Bonchev–Trinajstić information content (AvgIpc) is 3.10. The van der Waals surface area contributed by atoms with Gasteiger partial charge in [-0.3, -0.25) is 4.79 Å². The van der Waals surface area contributed by atoms with Crippen molar-refractivity contribution in [1.82, 2.24) is 10.3 Å². The number of nitrogens with one attached hydrogen (secondary N) is 2. The first-order chi connectivity index (χ1) is 8.65. The molecular formula is C13H18BrN3O. The minimum atomic E-state index is 0.162. The van der Waals surface area contributed by atoms with Gasteiger partial charge in [-0.05, 0) is 53.7 Å². The third-order valence-electron chi connectivity index (χ3n) is 2.79. The number of hydrogen-bond donors (Lipinski definition) is 2. The van der Waals surface area contributed by atoms with Gasteiger partial charge in [0.2, 0.25) is 5.91 Å². The van der Waals surface area contributed by atoms with Gasteiger partial charge in [-0.25, -0.2) is 4.98 Å². The number of pyridine rings is 1. The molecule has 1 aliphatic carbocycles. The summed E-state index contributed by atoms with van der Waals surface area (Å²) in [5, 5.41) is 6.21. The van der Waals surface area contributed by atoms with Crippen LogP contribution in [0.25, 0.3) is 0 Å². The number of amides is 1. The highest BCUT2D eigenvalue weighted by molar-refractivity contribution is 9.10. The Labute approximate surface area is 116 Å². The molecule has 2 N–H and O–H groups in total. The average molecular weight is 312 g/mol. The van der Waals surface area contributed by atoms with Crippen LogP contribution in [-0.4, -0.2) is 23.5 Å². The third kappa shape index (κ3) is 4.29. The molecule has 0 aliphatic heterocycles. The van der Waals surface area contributed by atoms with Gasteiger partial charge in [0.05, 0.1) is 4.47 Å². The monoisotopic (exact) mass is 311 g/mol. The van der Waals surface area contributed by atoms with Crippen molar-refractivity contribution >= 4 is 27.7 Å². The first kappa shape index (κ1) is 13.3. The normalized spacial score (nSPS) is 14.3. The molecule has 1 aromatic rings. The van der Waals surface area contributed by atoms with E-state index in [1.54, 1.807) is 0 Å². The van der Waals surface area contributed by atoms with Crippen LogP contribution in [0.5, 0.6) is 0 Å². The summed E-state index contributed by atoms with van der Waals surface area (Å²) in [6, 6.07) is 2.48. The number of hydrogen-bond acceptors (Lipinski definition) is 3. The van der Waals surface area contributed by atoms with Gasteiger partial charge in [0, 0.05) is 25.2 Å². The van der Waals surface area contributed by atoms with E-state index < -0.39 is 0 Å². The maximum Gasteiger partial charge on any atom is 0.220 e. The Bertz CT molecular complexity index is 432. The molecule has 1 heterocycles. The number of aryl methyl sites for hydroxylation is 1. The van der Waals surface area contributed by atoms with E-state index >= 15 is 0 Å². The van der Waals surface area contributed by atoms with Crippen LogP contribution in [0.4, 0.5) is 5.82 Å². The fraction of sp³-hybridized carbons (Fsp3) is 0.538. The van der Waals surface area contributed by atoms with Crippen molar-refractivity contribution in [3.63, 3.8) is 0 Å². The maximum absolute atomic E-state index is 11.5. The highest BCUT2D eigenvalue weighted by atomic mass is 79.9. The zero-order valence-electron chi connectivity index (χ0n) is 10.5. The summed E-state index contributed by atoms with van der Waals surface area (Å²) in [5.74, 6) is 0.999. The Kier molecular flexibility index (Phi) is 4.58. The Morgan fingerprint density at radius 1 is 1.56 bits per heavy atom. The van der Waals surface area contributed by atoms with Crippen molar-refractivity contribution in [3.05, 3.63) is 22.3 Å². The van der Waals surface area contributed by atoms with Crippen LogP contribution in [0.1, 0.15) is 31.2 Å². The lowest BCUT2D eigenvalue weighted by atomic mass is 10.3. The van der Waals surface area contributed by atoms with Crippen molar-refractivity contribution < 1.29 is 4.79 Å². The second-order valence-electron chi connectivity index (χ2n) is 4.72. The van der Waals surface area contributed by atoms with E-state index in [-0.39, 0.29) is 5.91 Å². The SMILES string of the molecule is Cc1cnc(NCCCC(=O)NC2CC2)c(Br)c1. The summed E-state index contributed by atoms with van der Waals surface area (Å²) in [6.07, 6.45) is 5.51. The molecule has 1 fully saturated rings. The third-order valence-corrected chi connectivity index (χ3v) is 3.40. The van der Waals surface area contributed by atoms with E-state index in [4.69, 9.17) is 0 Å². The summed E-state index contributed by atoms with van der Waals surface area (Å²) in [7, 11) is 0. The van der Waals surface area contributed by atoms with E-state index in [1.807, 2.05) is 19.2 Å². The second kappa shape index (κ2) is 6.18. The van der Waals surface area contributed by atoms with E-state index in [0.29, 0.717) is 12.5 Å². The number of carbonyl (C=O) groups excluding carboxylic acids is 1. The fourth-order valence-electron chi connectivity index (χ4n) is 1.65. The molecule has 5 heteroatoms. The van der Waals surface area contributed by atoms with Gasteiger partial charge in [-0.2, -0.15) is 0 Å². The van der Waals surface area contributed by atoms with E-state index in [9.17, 15) is 4.79 Å². The largest absolute Gasteiger partial charge is 0.369 e. The van der Waals surface area contributed by atoms with Gasteiger partial charge in [0.25, 0.3) is 0 Å². The Morgan fingerprint density at radius 3 is 3.00 bits per heavy atom. The molecule has 0 saturated heterocycles. The summed E-state index contributed by atoms with van der Waals surface area (Å²) < 4.78 is 0.963. The first-order valence-electron chi connectivity index (χ1n) is 6.30. The van der Waals surface area contributed by atoms with Crippen LogP contribution in [0.3, 0.4) is 0 Å². The Balaban J connectivity index is 1.66. The van der Waals surface area contributed by atoms with Crippen LogP contribution < -0.4 is 10.6 Å². The zero-order valence-corrected chi connectivity index (χ0v) is 12.1. The van der Waals surface area contributed by atoms with Crippen molar-refractivity contribution in [3.8, 4) is 0 Å². The summed E-state index contributed by atoms with van der Waals surface area (Å²) in [4.78, 5) is 15.7. The molecule has 0 unspecified atom stereocenters. The number of rotatable bonds is 6. The van der Waals surface area contributed by atoms with Gasteiger partial charge in [0.15, 0.2) is 0 Å². The smallest absolute Gasteiger partial charge is 0.220 e. The minimum absolute atomic E-state index is 0.162. The van der Waals surface area contributed by atoms with Crippen molar-refractivity contribution in [2.75, 3.05) is 11.9 Å². The molecule has 1 saturated carbocycles. The van der Waals surface area contributed by atoms with Crippen molar-refractivity contribution in [1.29, 1.82) is 0 Å². The molecule has 0 atom stereocenters. The summed E-state index contributed by atoms with van der Waals surface area (Å²) in [6.45, 7) is 2.76. The molecule has 0 radical (unpaired) electrons. The van der Waals surface area contributed by atoms with Crippen LogP contribution in [-0.2, 0) is 4.79 Å². The Morgan fingerprint density at radius 2 is 2.33 bits per heavy atom. The van der Waals surface area contributed by atoms with Crippen LogP contribution in [0.2, 0.25) is 0 Å². The van der Waals surface area contributed by atoms with Gasteiger partial charge < -0.3 is 10.6 Å². The lowest BCUT2D eigenvalue weighted by Crippen LogP contribution is -2.25. The lowest BCUT2D eigenvalue weighted by molar-refractivity contribution is -0.121. The van der Waals surface area contributed by atoms with Crippen LogP contribution in [0, 0.1) is 6.92 Å². The minimum Gasteiger partial charge on any atom is -0.369 e. The molecule has 1 aliphatic rings. The van der Waals surface area contributed by atoms with Crippen molar-refractivity contribution in [2.24, 2.45) is 0 Å². The molecule has 18 heavy (non-hydrogen) atoms. The van der Waals surface area contributed by atoms with Gasteiger partial charge >= 0.3 is 0 Å². The first-order valence-corrected chi connectivity index (χ1v) is 7.10. The highest BCUT2D eigenvalue weighted by Crippen LogP contribution is 2.20. The fourth-order valence-corrected chi connectivity index (χ4v) is 2.25.